The summed E-state index contributed by atoms with van der Waals surface area (Å²) in [4.78, 5) is 14.8. The van der Waals surface area contributed by atoms with Gasteiger partial charge in [-0.25, -0.2) is 13.2 Å². The molecule has 0 aliphatic carbocycles. The molecule has 114 valence electrons. The molecule has 3 rings (SSSR count). The van der Waals surface area contributed by atoms with Gasteiger partial charge < -0.3 is 10.3 Å². The number of nitrogens with one attached hydrogen (secondary N) is 2. The van der Waals surface area contributed by atoms with Gasteiger partial charge in [-0.15, -0.1) is 10.2 Å². The highest BCUT2D eigenvalue weighted by atomic mass is 32.1. The lowest BCUT2D eigenvalue weighted by atomic mass is 10.1. The fourth-order valence-electron chi connectivity index (χ4n) is 2.01. The van der Waals surface area contributed by atoms with Crippen LogP contribution in [0.15, 0.2) is 24.4 Å². The highest BCUT2D eigenvalue weighted by Crippen LogP contribution is 2.25. The van der Waals surface area contributed by atoms with E-state index in [0.29, 0.717) is 22.4 Å². The lowest BCUT2D eigenvalue weighted by molar-refractivity contribution is -0.115. The quantitative estimate of drug-likeness (QED) is 0.773. The van der Waals surface area contributed by atoms with Crippen molar-refractivity contribution < 1.29 is 18.0 Å². The van der Waals surface area contributed by atoms with Crippen LogP contribution in [0.5, 0.6) is 0 Å². The highest BCUT2D eigenvalue weighted by Gasteiger charge is 2.16. The molecule has 0 radical (unpaired) electrons. The number of nitrogens with zero attached hydrogens (tertiary/aromatic N) is 2. The minimum atomic E-state index is -2.72. The molecule has 1 aromatic carbocycles. The van der Waals surface area contributed by atoms with Crippen LogP contribution in [0.25, 0.3) is 10.9 Å². The van der Waals surface area contributed by atoms with Crippen molar-refractivity contribution in [3.63, 3.8) is 0 Å². The second-order valence-electron chi connectivity index (χ2n) is 4.47. The van der Waals surface area contributed by atoms with Crippen molar-refractivity contribution in [1.29, 1.82) is 0 Å². The van der Waals surface area contributed by atoms with Crippen molar-refractivity contribution in [1.82, 2.24) is 15.2 Å². The summed E-state index contributed by atoms with van der Waals surface area (Å²) in [5, 5.41) is 9.47. The smallest absolute Gasteiger partial charge is 0.291 e. The first kappa shape index (κ1) is 14.5. The maximum atomic E-state index is 13.1. The zero-order valence-electron chi connectivity index (χ0n) is 10.9. The SMILES string of the molecule is O=C(Cc1c[nH]c2cc(F)ccc12)Nc1nnc(C(F)F)s1. The van der Waals surface area contributed by atoms with Gasteiger partial charge in [0.25, 0.3) is 6.43 Å². The van der Waals surface area contributed by atoms with Gasteiger partial charge in [0.2, 0.25) is 11.0 Å². The monoisotopic (exact) mass is 326 g/mol. The van der Waals surface area contributed by atoms with Crippen molar-refractivity contribution >= 4 is 33.3 Å². The number of aromatic nitrogens is 3. The third-order valence-electron chi connectivity index (χ3n) is 2.95. The second-order valence-corrected chi connectivity index (χ2v) is 5.48. The average molecular weight is 326 g/mol. The number of hydrogen-bond acceptors (Lipinski definition) is 4. The summed E-state index contributed by atoms with van der Waals surface area (Å²) in [6.07, 6.45) is -1.10. The molecule has 0 saturated carbocycles. The molecular formula is C13H9F3N4OS. The van der Waals surface area contributed by atoms with Crippen LogP contribution < -0.4 is 5.32 Å². The van der Waals surface area contributed by atoms with Crippen molar-refractivity contribution in [3.8, 4) is 0 Å². The van der Waals surface area contributed by atoms with Crippen molar-refractivity contribution in [3.05, 3.63) is 40.8 Å². The molecule has 0 aliphatic heterocycles. The fourth-order valence-corrected chi connectivity index (χ4v) is 2.63. The average Bonchev–Trinajstić information content (AvgIpc) is 3.06. The van der Waals surface area contributed by atoms with Gasteiger partial charge in [-0.05, 0) is 23.8 Å². The highest BCUT2D eigenvalue weighted by molar-refractivity contribution is 7.15. The molecule has 0 unspecified atom stereocenters. The predicted octanol–water partition coefficient (Wildman–Crippen LogP) is 3.28. The number of rotatable bonds is 4. The minimum absolute atomic E-state index is 0.00915. The Morgan fingerprint density at radius 2 is 2.18 bits per heavy atom. The van der Waals surface area contributed by atoms with Gasteiger partial charge in [0.1, 0.15) is 5.82 Å². The number of H-pyrrole nitrogens is 1. The van der Waals surface area contributed by atoms with Gasteiger partial charge >= 0.3 is 0 Å². The van der Waals surface area contributed by atoms with Crippen molar-refractivity contribution in [2.45, 2.75) is 12.8 Å². The first-order valence-corrected chi connectivity index (χ1v) is 7.01. The molecule has 0 atom stereocenters. The molecule has 9 heteroatoms. The molecule has 0 aliphatic rings. The Kier molecular flexibility index (Phi) is 3.80. The van der Waals surface area contributed by atoms with Gasteiger partial charge in [0.15, 0.2) is 5.01 Å². The second kappa shape index (κ2) is 5.76. The molecule has 1 amide bonds. The van der Waals surface area contributed by atoms with Crippen LogP contribution in [-0.4, -0.2) is 21.1 Å². The molecule has 0 bridgehead atoms. The number of carbonyl (C=O) groups is 1. The zero-order valence-corrected chi connectivity index (χ0v) is 11.8. The first-order chi connectivity index (χ1) is 10.5. The third-order valence-corrected chi connectivity index (χ3v) is 3.80. The molecular weight excluding hydrogens is 317 g/mol. The lowest BCUT2D eigenvalue weighted by Gasteiger charge is -2.00. The number of halogens is 3. The summed E-state index contributed by atoms with van der Waals surface area (Å²) in [5.41, 5.74) is 1.25. The van der Waals surface area contributed by atoms with E-state index >= 15 is 0 Å². The number of alkyl halides is 2. The number of hydrogen-bond donors (Lipinski definition) is 2. The predicted molar refractivity (Wildman–Crippen MR) is 75.5 cm³/mol. The summed E-state index contributed by atoms with van der Waals surface area (Å²) >= 11 is 0.626. The van der Waals surface area contributed by atoms with Gasteiger partial charge in [-0.2, -0.15) is 0 Å². The summed E-state index contributed by atoms with van der Waals surface area (Å²) < 4.78 is 37.9. The van der Waals surface area contributed by atoms with E-state index in [4.69, 9.17) is 0 Å². The molecule has 22 heavy (non-hydrogen) atoms. The molecule has 0 fully saturated rings. The van der Waals surface area contributed by atoms with E-state index in [1.807, 2.05) is 0 Å². The van der Waals surface area contributed by atoms with Crippen LogP contribution in [0.3, 0.4) is 0 Å². The van der Waals surface area contributed by atoms with E-state index in [1.165, 1.54) is 12.1 Å². The number of aromatic amines is 1. The molecule has 5 nitrogen and oxygen atoms in total. The van der Waals surface area contributed by atoms with E-state index in [9.17, 15) is 18.0 Å². The Bertz CT molecular complexity index is 830. The molecule has 2 heterocycles. The van der Waals surface area contributed by atoms with Gasteiger partial charge in [-0.3, -0.25) is 4.79 Å². The number of amides is 1. The maximum Gasteiger partial charge on any atom is 0.291 e. The number of carbonyl (C=O) groups excluding carboxylic acids is 1. The van der Waals surface area contributed by atoms with E-state index in [0.717, 1.165) is 5.39 Å². The molecule has 0 spiro atoms. The lowest BCUT2D eigenvalue weighted by Crippen LogP contribution is -2.14. The Morgan fingerprint density at radius 3 is 2.91 bits per heavy atom. The van der Waals surface area contributed by atoms with Crippen LogP contribution in [0.4, 0.5) is 18.3 Å². The number of benzene rings is 1. The first-order valence-electron chi connectivity index (χ1n) is 6.20. The summed E-state index contributed by atoms with van der Waals surface area (Å²) in [6, 6.07) is 4.21. The summed E-state index contributed by atoms with van der Waals surface area (Å²) in [7, 11) is 0. The van der Waals surface area contributed by atoms with Crippen molar-refractivity contribution in [2.75, 3.05) is 5.32 Å². The Balaban J connectivity index is 1.72. The Hall–Kier alpha value is -2.42. The molecule has 0 saturated heterocycles. The van der Waals surface area contributed by atoms with Crippen molar-refractivity contribution in [2.24, 2.45) is 0 Å². The number of anilines is 1. The van der Waals surface area contributed by atoms with Crippen LogP contribution in [0, 0.1) is 5.82 Å². The third kappa shape index (κ3) is 2.93. The summed E-state index contributed by atoms with van der Waals surface area (Å²) in [6.45, 7) is 0. The van der Waals surface area contributed by atoms with Crippen LogP contribution in [-0.2, 0) is 11.2 Å². The van der Waals surface area contributed by atoms with Gasteiger partial charge in [-0.1, -0.05) is 11.3 Å². The maximum absolute atomic E-state index is 13.1. The Labute approximate surface area is 126 Å². The minimum Gasteiger partial charge on any atom is -0.361 e. The largest absolute Gasteiger partial charge is 0.361 e. The van der Waals surface area contributed by atoms with E-state index in [-0.39, 0.29) is 17.4 Å². The topological polar surface area (TPSA) is 70.7 Å². The standard InChI is InChI=1S/C13H9F3N4OS/c14-7-1-2-8-6(5-17-9(8)4-7)3-10(21)18-13-20-19-12(22-13)11(15)16/h1-2,4-5,11,17H,3H2,(H,18,20,21). The van der Waals surface area contributed by atoms with E-state index in [2.05, 4.69) is 20.5 Å². The molecule has 3 aromatic rings. The molecule has 2 aromatic heterocycles. The summed E-state index contributed by atoms with van der Waals surface area (Å²) in [5.74, 6) is -0.791. The molecule has 2 N–H and O–H groups in total. The number of fused-ring (bicyclic) bond motifs is 1. The normalized spacial score (nSPS) is 11.3. The Morgan fingerprint density at radius 1 is 1.36 bits per heavy atom. The van der Waals surface area contributed by atoms with Crippen LogP contribution >= 0.6 is 11.3 Å². The van der Waals surface area contributed by atoms with E-state index in [1.54, 1.807) is 12.3 Å². The van der Waals surface area contributed by atoms with Gasteiger partial charge in [0.05, 0.1) is 6.42 Å². The van der Waals surface area contributed by atoms with Crippen LogP contribution in [0.1, 0.15) is 17.0 Å². The fraction of sp³-hybridized carbons (Fsp3) is 0.154. The van der Waals surface area contributed by atoms with Crippen LogP contribution in [0.2, 0.25) is 0 Å². The van der Waals surface area contributed by atoms with E-state index < -0.39 is 17.3 Å². The van der Waals surface area contributed by atoms with Gasteiger partial charge in [0, 0.05) is 17.1 Å². The zero-order chi connectivity index (χ0) is 15.7.